The largest absolute Gasteiger partial charge is 0.490 e. The summed E-state index contributed by atoms with van der Waals surface area (Å²) >= 11 is 6.38. The molecule has 0 bridgehead atoms. The Balaban J connectivity index is 0.00000392. The van der Waals surface area contributed by atoms with Crippen molar-refractivity contribution >= 4 is 29.9 Å². The maximum absolute atomic E-state index is 12.9. The number of carbonyl (C=O) groups is 1. The summed E-state index contributed by atoms with van der Waals surface area (Å²) < 4.78 is 17.2. The topological polar surface area (TPSA) is 74.0 Å². The zero-order valence-electron chi connectivity index (χ0n) is 16.7. The van der Waals surface area contributed by atoms with Crippen LogP contribution in [0.2, 0.25) is 5.02 Å². The van der Waals surface area contributed by atoms with Crippen LogP contribution >= 0.6 is 24.0 Å². The summed E-state index contributed by atoms with van der Waals surface area (Å²) in [5.41, 5.74) is 6.01. The van der Waals surface area contributed by atoms with E-state index >= 15 is 0 Å². The van der Waals surface area contributed by atoms with Gasteiger partial charge in [0.25, 0.3) is 5.91 Å². The number of nitrogens with zero attached hydrogens (tertiary/aromatic N) is 1. The molecule has 0 aromatic heterocycles. The first-order valence-corrected chi connectivity index (χ1v) is 10.2. The Morgan fingerprint density at radius 2 is 1.93 bits per heavy atom. The van der Waals surface area contributed by atoms with Gasteiger partial charge in [-0.25, -0.2) is 0 Å². The minimum Gasteiger partial charge on any atom is -0.490 e. The standard InChI is InChI=1S/C20H31ClN2O4.ClH/c1-3-11-27-19-17(21)13-15(14-18(19)25-4-2)20(24)23-9-6-16(7-10-23)26-12-5-8-22;/h13-14,16H,3-12,22H2,1-2H3;1H. The molecule has 1 aliphatic rings. The Kier molecular flexibility index (Phi) is 11.6. The van der Waals surface area contributed by atoms with Crippen molar-refractivity contribution in [1.82, 2.24) is 4.90 Å². The van der Waals surface area contributed by atoms with E-state index in [0.29, 0.717) is 61.5 Å². The second kappa shape index (κ2) is 13.1. The summed E-state index contributed by atoms with van der Waals surface area (Å²) in [5.74, 6) is 0.978. The minimum atomic E-state index is -0.0414. The smallest absolute Gasteiger partial charge is 0.254 e. The Morgan fingerprint density at radius 1 is 1.21 bits per heavy atom. The van der Waals surface area contributed by atoms with Gasteiger partial charge in [-0.15, -0.1) is 12.4 Å². The van der Waals surface area contributed by atoms with E-state index in [1.807, 2.05) is 18.7 Å². The summed E-state index contributed by atoms with van der Waals surface area (Å²) in [6.45, 7) is 7.59. The zero-order chi connectivity index (χ0) is 19.6. The van der Waals surface area contributed by atoms with Crippen LogP contribution in [-0.2, 0) is 4.74 Å². The van der Waals surface area contributed by atoms with Crippen molar-refractivity contribution in [2.75, 3.05) is 39.5 Å². The van der Waals surface area contributed by atoms with Gasteiger partial charge in [0.15, 0.2) is 11.5 Å². The fourth-order valence-electron chi connectivity index (χ4n) is 3.04. The first kappa shape index (κ1) is 24.8. The van der Waals surface area contributed by atoms with Gasteiger partial charge in [-0.3, -0.25) is 4.79 Å². The highest BCUT2D eigenvalue weighted by Gasteiger charge is 2.25. The molecule has 1 heterocycles. The molecule has 1 amide bonds. The molecule has 2 rings (SSSR count). The number of likely N-dealkylation sites (tertiary alicyclic amines) is 1. The first-order chi connectivity index (χ1) is 13.1. The van der Waals surface area contributed by atoms with Crippen molar-refractivity contribution in [2.45, 2.75) is 45.6 Å². The van der Waals surface area contributed by atoms with Gasteiger partial charge in [-0.05, 0) is 51.3 Å². The lowest BCUT2D eigenvalue weighted by molar-refractivity contribution is 0.00843. The van der Waals surface area contributed by atoms with Crippen molar-refractivity contribution in [3.8, 4) is 11.5 Å². The molecule has 8 heteroatoms. The van der Waals surface area contributed by atoms with Gasteiger partial charge >= 0.3 is 0 Å². The van der Waals surface area contributed by atoms with Gasteiger partial charge in [0.2, 0.25) is 0 Å². The van der Waals surface area contributed by atoms with Crippen LogP contribution in [0, 0.1) is 0 Å². The number of halogens is 2. The van der Waals surface area contributed by atoms with E-state index in [1.165, 1.54) is 0 Å². The van der Waals surface area contributed by atoms with E-state index in [-0.39, 0.29) is 24.4 Å². The predicted octanol–water partition coefficient (Wildman–Crippen LogP) is 3.92. The molecule has 0 aliphatic carbocycles. The van der Waals surface area contributed by atoms with Gasteiger partial charge in [0, 0.05) is 25.3 Å². The molecule has 1 saturated heterocycles. The summed E-state index contributed by atoms with van der Waals surface area (Å²) in [4.78, 5) is 14.8. The van der Waals surface area contributed by atoms with Crippen molar-refractivity contribution in [2.24, 2.45) is 5.73 Å². The Morgan fingerprint density at radius 3 is 2.54 bits per heavy atom. The fraction of sp³-hybridized carbons (Fsp3) is 0.650. The lowest BCUT2D eigenvalue weighted by atomic mass is 10.1. The summed E-state index contributed by atoms with van der Waals surface area (Å²) in [6.07, 6.45) is 3.60. The van der Waals surface area contributed by atoms with E-state index < -0.39 is 0 Å². The van der Waals surface area contributed by atoms with Crippen LogP contribution in [0.15, 0.2) is 12.1 Å². The van der Waals surface area contributed by atoms with Crippen LogP contribution in [0.25, 0.3) is 0 Å². The second-order valence-corrected chi connectivity index (χ2v) is 6.98. The molecule has 0 radical (unpaired) electrons. The maximum atomic E-state index is 12.9. The molecule has 0 spiro atoms. The zero-order valence-corrected chi connectivity index (χ0v) is 18.3. The van der Waals surface area contributed by atoms with Crippen LogP contribution < -0.4 is 15.2 Å². The van der Waals surface area contributed by atoms with Gasteiger partial charge in [-0.1, -0.05) is 18.5 Å². The maximum Gasteiger partial charge on any atom is 0.254 e. The first-order valence-electron chi connectivity index (χ1n) is 9.80. The molecule has 28 heavy (non-hydrogen) atoms. The molecule has 1 aliphatic heterocycles. The van der Waals surface area contributed by atoms with Crippen molar-refractivity contribution in [3.05, 3.63) is 22.7 Å². The fourth-order valence-corrected chi connectivity index (χ4v) is 3.31. The van der Waals surface area contributed by atoms with Gasteiger partial charge < -0.3 is 24.8 Å². The van der Waals surface area contributed by atoms with E-state index in [1.54, 1.807) is 12.1 Å². The van der Waals surface area contributed by atoms with Crippen LogP contribution in [0.5, 0.6) is 11.5 Å². The van der Waals surface area contributed by atoms with Crippen molar-refractivity contribution < 1.29 is 19.0 Å². The monoisotopic (exact) mass is 434 g/mol. The number of hydrogen-bond acceptors (Lipinski definition) is 5. The SMILES string of the molecule is CCCOc1c(Cl)cc(C(=O)N2CCC(OCCCN)CC2)cc1OCC.Cl. The van der Waals surface area contributed by atoms with Crippen LogP contribution in [0.4, 0.5) is 0 Å². The highest BCUT2D eigenvalue weighted by Crippen LogP contribution is 2.37. The average molecular weight is 435 g/mol. The third-order valence-corrected chi connectivity index (χ3v) is 4.72. The lowest BCUT2D eigenvalue weighted by Gasteiger charge is -2.32. The van der Waals surface area contributed by atoms with Crippen LogP contribution in [-0.4, -0.2) is 56.4 Å². The number of ether oxygens (including phenoxy) is 3. The third kappa shape index (κ3) is 6.99. The quantitative estimate of drug-likeness (QED) is 0.564. The van der Waals surface area contributed by atoms with Crippen LogP contribution in [0.1, 0.15) is 49.9 Å². The Labute approximate surface area is 179 Å². The summed E-state index contributed by atoms with van der Waals surface area (Å²) in [7, 11) is 0. The van der Waals surface area contributed by atoms with Gasteiger partial charge in [-0.2, -0.15) is 0 Å². The Bertz CT molecular complexity index is 608. The molecule has 0 saturated carbocycles. The van der Waals surface area contributed by atoms with Crippen LogP contribution in [0.3, 0.4) is 0 Å². The van der Waals surface area contributed by atoms with E-state index in [0.717, 1.165) is 25.7 Å². The molecule has 1 aromatic rings. The van der Waals surface area contributed by atoms with E-state index in [9.17, 15) is 4.79 Å². The lowest BCUT2D eigenvalue weighted by Crippen LogP contribution is -2.41. The molecule has 6 nitrogen and oxygen atoms in total. The number of benzene rings is 1. The number of nitrogens with two attached hydrogens (primary N) is 1. The van der Waals surface area contributed by atoms with Gasteiger partial charge in [0.1, 0.15) is 0 Å². The highest BCUT2D eigenvalue weighted by molar-refractivity contribution is 6.32. The third-order valence-electron chi connectivity index (χ3n) is 4.44. The normalized spacial score (nSPS) is 14.5. The molecule has 1 aromatic carbocycles. The number of hydrogen-bond donors (Lipinski definition) is 1. The molecule has 160 valence electrons. The highest BCUT2D eigenvalue weighted by atomic mass is 35.5. The molecule has 0 atom stereocenters. The number of amides is 1. The Hall–Kier alpha value is -1.21. The summed E-state index contributed by atoms with van der Waals surface area (Å²) in [5, 5.41) is 0.401. The number of piperidine rings is 1. The molecular weight excluding hydrogens is 403 g/mol. The minimum absolute atomic E-state index is 0. The summed E-state index contributed by atoms with van der Waals surface area (Å²) in [6, 6.07) is 3.40. The van der Waals surface area contributed by atoms with Crippen molar-refractivity contribution in [1.29, 1.82) is 0 Å². The van der Waals surface area contributed by atoms with E-state index in [2.05, 4.69) is 0 Å². The molecule has 1 fully saturated rings. The molecule has 0 unspecified atom stereocenters. The average Bonchev–Trinajstić information content (AvgIpc) is 2.67. The number of rotatable bonds is 10. The molecule has 2 N–H and O–H groups in total. The predicted molar refractivity (Wildman–Crippen MR) is 114 cm³/mol. The number of carbonyl (C=O) groups excluding carboxylic acids is 1. The van der Waals surface area contributed by atoms with Crippen molar-refractivity contribution in [3.63, 3.8) is 0 Å². The van der Waals surface area contributed by atoms with E-state index in [4.69, 9.17) is 31.5 Å². The second-order valence-electron chi connectivity index (χ2n) is 6.57. The van der Waals surface area contributed by atoms with Gasteiger partial charge in [0.05, 0.1) is 24.3 Å². The molecular formula is C20H32Cl2N2O4.